The Morgan fingerprint density at radius 1 is 0.911 bits per heavy atom. The summed E-state index contributed by atoms with van der Waals surface area (Å²) in [4.78, 5) is 59.4. The van der Waals surface area contributed by atoms with Crippen LogP contribution in [0.5, 0.6) is 11.5 Å². The third kappa shape index (κ3) is 4.11. The summed E-state index contributed by atoms with van der Waals surface area (Å²) in [5.41, 5.74) is 1.70. The molecule has 9 heteroatoms. The second-order valence-electron chi connectivity index (χ2n) is 12.6. The van der Waals surface area contributed by atoms with Crippen LogP contribution in [-0.2, 0) is 19.2 Å². The first-order chi connectivity index (χ1) is 21.6. The maximum atomic E-state index is 14.5. The molecule has 4 aliphatic rings. The van der Waals surface area contributed by atoms with Crippen molar-refractivity contribution in [3.05, 3.63) is 94.5 Å². The highest BCUT2D eigenvalue weighted by molar-refractivity contribution is 6.32. The monoisotopic (exact) mass is 624 g/mol. The Hall–Kier alpha value is -4.43. The molecule has 0 radical (unpaired) electrons. The fraction of sp³-hybridized carbons (Fsp3) is 0.333. The molecule has 0 bridgehead atoms. The molecular weight excluding hydrogens is 592 g/mol. The summed E-state index contributed by atoms with van der Waals surface area (Å²) in [6.45, 7) is 5.79. The van der Waals surface area contributed by atoms with Crippen LogP contribution >= 0.6 is 11.6 Å². The average molecular weight is 625 g/mol. The van der Waals surface area contributed by atoms with Gasteiger partial charge in [0.1, 0.15) is 0 Å². The van der Waals surface area contributed by atoms with Crippen LogP contribution in [-0.4, -0.2) is 35.3 Å². The number of para-hydroxylation sites is 2. The number of phenolic OH excluding ortho intramolecular Hbond substituents is 1. The number of hydrogen-bond acceptors (Lipinski definition) is 6. The van der Waals surface area contributed by atoms with E-state index in [9.17, 15) is 24.3 Å². The number of imide groups is 2. The van der Waals surface area contributed by atoms with Crippen LogP contribution in [0.3, 0.4) is 0 Å². The number of benzene rings is 3. The van der Waals surface area contributed by atoms with Gasteiger partial charge in [0, 0.05) is 16.5 Å². The molecule has 3 aromatic rings. The third-order valence-electron chi connectivity index (χ3n) is 10.3. The van der Waals surface area contributed by atoms with Crippen LogP contribution in [0.4, 0.5) is 11.4 Å². The van der Waals surface area contributed by atoms with Gasteiger partial charge in [0.05, 0.1) is 41.2 Å². The summed E-state index contributed by atoms with van der Waals surface area (Å²) < 4.78 is 5.72. The lowest BCUT2D eigenvalue weighted by Crippen LogP contribution is -2.48. The molecule has 1 N–H and O–H groups in total. The van der Waals surface area contributed by atoms with E-state index >= 15 is 0 Å². The molecule has 7 rings (SSSR count). The number of aryl methyl sites for hydroxylation is 1. The number of carbonyl (C=O) groups excluding carboxylic acids is 4. The molecule has 2 aliphatic carbocycles. The van der Waals surface area contributed by atoms with Gasteiger partial charge in [-0.15, -0.1) is 0 Å². The number of ether oxygens (including phenoxy) is 1. The Labute approximate surface area is 266 Å². The van der Waals surface area contributed by atoms with Gasteiger partial charge in [-0.05, 0) is 75.4 Å². The van der Waals surface area contributed by atoms with Crippen molar-refractivity contribution in [1.82, 2.24) is 0 Å². The zero-order chi connectivity index (χ0) is 31.8. The lowest BCUT2D eigenvalue weighted by Gasteiger charge is -2.49. The summed E-state index contributed by atoms with van der Waals surface area (Å²) in [6, 6.07) is 19.1. The zero-order valence-corrected chi connectivity index (χ0v) is 26.0. The molecule has 0 unspecified atom stereocenters. The van der Waals surface area contributed by atoms with Crippen molar-refractivity contribution < 1.29 is 29.0 Å². The van der Waals surface area contributed by atoms with E-state index in [2.05, 4.69) is 0 Å². The molecule has 8 nitrogen and oxygen atoms in total. The average Bonchev–Trinajstić information content (AvgIpc) is 3.40. The Morgan fingerprint density at radius 2 is 1.67 bits per heavy atom. The number of fused-ring (bicyclic) bond motifs is 4. The highest BCUT2D eigenvalue weighted by Crippen LogP contribution is 2.65. The van der Waals surface area contributed by atoms with E-state index in [0.29, 0.717) is 35.0 Å². The van der Waals surface area contributed by atoms with E-state index in [1.54, 1.807) is 67.6 Å². The lowest BCUT2D eigenvalue weighted by atomic mass is 9.51. The van der Waals surface area contributed by atoms with Crippen molar-refractivity contribution in [2.75, 3.05) is 16.4 Å². The summed E-state index contributed by atoms with van der Waals surface area (Å²) in [5.74, 6) is -4.55. The minimum atomic E-state index is -1.26. The van der Waals surface area contributed by atoms with Crippen LogP contribution in [0, 0.1) is 36.0 Å². The van der Waals surface area contributed by atoms with E-state index in [-0.39, 0.29) is 41.5 Å². The van der Waals surface area contributed by atoms with Gasteiger partial charge in [-0.1, -0.05) is 59.6 Å². The SMILES string of the molecule is CCOc1cccc([C@H]2C3=CC[C@@H]4C(=O)N(c5ccc(C)c(Cl)c5)C(=O)[C@@H]4[C@@H]3C[C@H]3C(=O)N(c4ccccc4)C(=O)[C@@]23C)c1O. The maximum Gasteiger partial charge on any atom is 0.241 e. The van der Waals surface area contributed by atoms with Crippen LogP contribution in [0.25, 0.3) is 0 Å². The topological polar surface area (TPSA) is 104 Å². The van der Waals surface area contributed by atoms with Gasteiger partial charge in [0.25, 0.3) is 0 Å². The molecular formula is C36H33ClN2O6. The second kappa shape index (κ2) is 10.6. The highest BCUT2D eigenvalue weighted by Gasteiger charge is 2.68. The molecule has 230 valence electrons. The van der Waals surface area contributed by atoms with E-state index in [1.807, 2.05) is 26.0 Å². The second-order valence-corrected chi connectivity index (χ2v) is 13.0. The van der Waals surface area contributed by atoms with Crippen molar-refractivity contribution >= 4 is 46.6 Å². The van der Waals surface area contributed by atoms with Gasteiger partial charge < -0.3 is 9.84 Å². The smallest absolute Gasteiger partial charge is 0.241 e. The zero-order valence-electron chi connectivity index (χ0n) is 25.2. The van der Waals surface area contributed by atoms with Crippen molar-refractivity contribution in [3.63, 3.8) is 0 Å². The van der Waals surface area contributed by atoms with Gasteiger partial charge in [-0.25, -0.2) is 9.80 Å². The molecule has 1 saturated carbocycles. The van der Waals surface area contributed by atoms with Crippen LogP contribution in [0.2, 0.25) is 5.02 Å². The first-order valence-electron chi connectivity index (χ1n) is 15.3. The van der Waals surface area contributed by atoms with Crippen LogP contribution in [0.15, 0.2) is 78.4 Å². The molecule has 2 aliphatic heterocycles. The van der Waals surface area contributed by atoms with E-state index < -0.39 is 35.0 Å². The number of halogens is 1. The molecule has 4 amide bonds. The predicted octanol–water partition coefficient (Wildman–Crippen LogP) is 6.19. The van der Waals surface area contributed by atoms with Gasteiger partial charge in [-0.3, -0.25) is 19.2 Å². The van der Waals surface area contributed by atoms with Gasteiger partial charge in [0.15, 0.2) is 11.5 Å². The Morgan fingerprint density at radius 3 is 2.38 bits per heavy atom. The fourth-order valence-corrected chi connectivity index (χ4v) is 8.38. The summed E-state index contributed by atoms with van der Waals surface area (Å²) >= 11 is 6.39. The van der Waals surface area contributed by atoms with Crippen molar-refractivity contribution in [2.24, 2.45) is 29.1 Å². The van der Waals surface area contributed by atoms with Gasteiger partial charge in [-0.2, -0.15) is 0 Å². The molecule has 2 saturated heterocycles. The number of phenols is 1. The van der Waals surface area contributed by atoms with Crippen molar-refractivity contribution in [2.45, 2.75) is 39.5 Å². The van der Waals surface area contributed by atoms with E-state index in [4.69, 9.17) is 16.3 Å². The third-order valence-corrected chi connectivity index (χ3v) is 10.8. The van der Waals surface area contributed by atoms with Gasteiger partial charge in [0.2, 0.25) is 23.6 Å². The van der Waals surface area contributed by atoms with Crippen molar-refractivity contribution in [1.29, 1.82) is 0 Å². The van der Waals surface area contributed by atoms with Gasteiger partial charge >= 0.3 is 0 Å². The van der Waals surface area contributed by atoms with Crippen LogP contribution < -0.4 is 14.5 Å². The minimum Gasteiger partial charge on any atom is -0.504 e. The number of anilines is 2. The number of aromatic hydroxyl groups is 1. The first kappa shape index (κ1) is 29.3. The summed E-state index contributed by atoms with van der Waals surface area (Å²) in [5, 5.41) is 12.0. The Bertz CT molecular complexity index is 1800. The van der Waals surface area contributed by atoms with E-state index in [0.717, 1.165) is 11.1 Å². The Balaban J connectivity index is 1.38. The number of carbonyl (C=O) groups is 4. The predicted molar refractivity (Wildman–Crippen MR) is 169 cm³/mol. The molecule has 2 heterocycles. The molecule has 45 heavy (non-hydrogen) atoms. The number of nitrogens with zero attached hydrogens (tertiary/aromatic N) is 2. The number of rotatable bonds is 5. The molecule has 0 aromatic heterocycles. The van der Waals surface area contributed by atoms with Crippen molar-refractivity contribution in [3.8, 4) is 11.5 Å². The van der Waals surface area contributed by atoms with Crippen LogP contribution in [0.1, 0.15) is 43.7 Å². The van der Waals surface area contributed by atoms with E-state index in [1.165, 1.54) is 9.80 Å². The standard InChI is InChI=1S/C36H33ClN2O6/c1-4-45-28-12-8-11-24(31(28)40)30-22-15-16-23-29(34(43)38(32(23)41)21-14-13-19(2)27(37)17-21)25(22)18-26-33(42)39(35(44)36(26,30)3)20-9-6-5-7-10-20/h5-15,17,23,25-26,29-30,40H,4,16,18H2,1-3H3/t23-,25+,26-,29-,30+,36+/m0/s1. The number of allylic oxidation sites excluding steroid dienone is 2. The lowest BCUT2D eigenvalue weighted by molar-refractivity contribution is -0.131. The Kier molecular flexibility index (Phi) is 6.89. The quantitative estimate of drug-likeness (QED) is 0.268. The molecule has 0 spiro atoms. The summed E-state index contributed by atoms with van der Waals surface area (Å²) in [6.07, 6.45) is 2.48. The number of amides is 4. The molecule has 3 fully saturated rings. The normalized spacial score (nSPS) is 29.0. The number of hydrogen-bond donors (Lipinski definition) is 1. The molecule has 3 aromatic carbocycles. The highest BCUT2D eigenvalue weighted by atomic mass is 35.5. The fourth-order valence-electron chi connectivity index (χ4n) is 8.20. The largest absolute Gasteiger partial charge is 0.504 e. The first-order valence-corrected chi connectivity index (χ1v) is 15.7. The summed E-state index contributed by atoms with van der Waals surface area (Å²) in [7, 11) is 0. The maximum absolute atomic E-state index is 14.5. The minimum absolute atomic E-state index is 0.101. The molecule has 6 atom stereocenters.